The molecule has 0 aliphatic rings. The quantitative estimate of drug-likeness (QED) is 0.885. The van der Waals surface area contributed by atoms with Crippen molar-refractivity contribution >= 4 is 5.91 Å². The topological polar surface area (TPSA) is 87.6 Å². The van der Waals surface area contributed by atoms with Gasteiger partial charge in [0, 0.05) is 0 Å². The second kappa shape index (κ2) is 5.43. The molecule has 100 valence electrons. The van der Waals surface area contributed by atoms with E-state index < -0.39 is 5.91 Å². The number of hydrogen-bond acceptors (Lipinski definition) is 5. The molecule has 1 aromatic carbocycles. The van der Waals surface area contributed by atoms with E-state index in [4.69, 9.17) is 19.7 Å². The second-order valence-electron chi connectivity index (χ2n) is 3.87. The lowest BCUT2D eigenvalue weighted by Crippen LogP contribution is -2.15. The number of aromatic nitrogens is 1. The normalized spacial score (nSPS) is 10.2. The number of amides is 1. The van der Waals surface area contributed by atoms with Gasteiger partial charge in [-0.1, -0.05) is 17.3 Å². The summed E-state index contributed by atoms with van der Waals surface area (Å²) in [6.45, 7) is 1.83. The van der Waals surface area contributed by atoms with Crippen molar-refractivity contribution in [2.24, 2.45) is 5.73 Å². The van der Waals surface area contributed by atoms with E-state index in [-0.39, 0.29) is 12.3 Å². The summed E-state index contributed by atoms with van der Waals surface area (Å²) in [5.74, 6) is 1.04. The molecule has 2 aromatic rings. The van der Waals surface area contributed by atoms with Crippen LogP contribution in [-0.2, 0) is 6.61 Å². The Morgan fingerprint density at radius 3 is 2.68 bits per heavy atom. The fourth-order valence-electron chi connectivity index (χ4n) is 1.64. The molecule has 6 heteroatoms. The first-order valence-corrected chi connectivity index (χ1v) is 5.64. The fourth-order valence-corrected chi connectivity index (χ4v) is 1.64. The molecule has 0 fully saturated rings. The van der Waals surface area contributed by atoms with Crippen molar-refractivity contribution in [1.82, 2.24) is 5.16 Å². The van der Waals surface area contributed by atoms with Gasteiger partial charge in [-0.2, -0.15) is 0 Å². The number of nitrogens with two attached hydrogens (primary N) is 1. The highest BCUT2D eigenvalue weighted by atomic mass is 16.5. The van der Waals surface area contributed by atoms with Gasteiger partial charge >= 0.3 is 0 Å². The van der Waals surface area contributed by atoms with Crippen molar-refractivity contribution < 1.29 is 18.8 Å². The maximum Gasteiger partial charge on any atom is 0.271 e. The molecule has 0 radical (unpaired) electrons. The Bertz CT molecular complexity index is 592. The van der Waals surface area contributed by atoms with Crippen molar-refractivity contribution in [2.75, 3.05) is 7.11 Å². The van der Waals surface area contributed by atoms with Crippen molar-refractivity contribution in [3.05, 3.63) is 41.3 Å². The van der Waals surface area contributed by atoms with Crippen LogP contribution in [0.1, 0.15) is 21.8 Å². The Morgan fingerprint density at radius 1 is 1.37 bits per heavy atom. The molecule has 1 aromatic heterocycles. The van der Waals surface area contributed by atoms with E-state index in [9.17, 15) is 4.79 Å². The minimum atomic E-state index is -0.643. The van der Waals surface area contributed by atoms with Crippen LogP contribution < -0.4 is 15.2 Å². The van der Waals surface area contributed by atoms with Gasteiger partial charge in [0.05, 0.1) is 12.7 Å². The van der Waals surface area contributed by atoms with Gasteiger partial charge in [0.1, 0.15) is 12.4 Å². The van der Waals surface area contributed by atoms with E-state index in [1.165, 1.54) is 0 Å². The van der Waals surface area contributed by atoms with Gasteiger partial charge in [-0.25, -0.2) is 0 Å². The second-order valence-corrected chi connectivity index (χ2v) is 3.87. The Kier molecular flexibility index (Phi) is 3.70. The highest BCUT2D eigenvalue weighted by Gasteiger charge is 2.18. The maximum absolute atomic E-state index is 11.2. The third kappa shape index (κ3) is 2.67. The van der Waals surface area contributed by atoms with E-state index in [1.54, 1.807) is 26.2 Å². The standard InChI is InChI=1S/C13H14N2O4/c1-8-9(12(13(14)16)15-19-8)7-18-11-6-4-3-5-10(11)17-2/h3-6H,7H2,1-2H3,(H2,14,16). The largest absolute Gasteiger partial charge is 0.493 e. The van der Waals surface area contributed by atoms with Crippen LogP contribution >= 0.6 is 0 Å². The van der Waals surface area contributed by atoms with E-state index in [0.717, 1.165) is 0 Å². The number of carbonyl (C=O) groups is 1. The molecule has 1 amide bonds. The average molecular weight is 262 g/mol. The van der Waals surface area contributed by atoms with Crippen LogP contribution in [-0.4, -0.2) is 18.2 Å². The Hall–Kier alpha value is -2.50. The lowest BCUT2D eigenvalue weighted by atomic mass is 10.2. The zero-order valence-corrected chi connectivity index (χ0v) is 10.7. The minimum Gasteiger partial charge on any atom is -0.493 e. The number of hydrogen-bond donors (Lipinski definition) is 1. The molecule has 0 saturated carbocycles. The van der Waals surface area contributed by atoms with Crippen molar-refractivity contribution in [3.63, 3.8) is 0 Å². The molecule has 0 spiro atoms. The van der Waals surface area contributed by atoms with Crippen LogP contribution in [0.15, 0.2) is 28.8 Å². The molecule has 0 saturated heterocycles. The van der Waals surface area contributed by atoms with Crippen LogP contribution in [0.5, 0.6) is 11.5 Å². The summed E-state index contributed by atoms with van der Waals surface area (Å²) < 4.78 is 15.7. The van der Waals surface area contributed by atoms with Gasteiger partial charge in [0.25, 0.3) is 5.91 Å². The van der Waals surface area contributed by atoms with Gasteiger partial charge in [-0.15, -0.1) is 0 Å². The molecule has 0 bridgehead atoms. The molecular formula is C13H14N2O4. The summed E-state index contributed by atoms with van der Waals surface area (Å²) in [7, 11) is 1.56. The molecule has 0 aliphatic heterocycles. The van der Waals surface area contributed by atoms with E-state index in [0.29, 0.717) is 22.8 Å². The number of primary amides is 1. The smallest absolute Gasteiger partial charge is 0.271 e. The predicted molar refractivity (Wildman–Crippen MR) is 67.1 cm³/mol. The molecule has 2 rings (SSSR count). The van der Waals surface area contributed by atoms with Gasteiger partial charge in [-0.05, 0) is 19.1 Å². The summed E-state index contributed by atoms with van der Waals surface area (Å²) >= 11 is 0. The molecule has 6 nitrogen and oxygen atoms in total. The van der Waals surface area contributed by atoms with Crippen LogP contribution in [0.2, 0.25) is 0 Å². The highest BCUT2D eigenvalue weighted by molar-refractivity contribution is 5.92. The molecule has 2 N–H and O–H groups in total. The third-order valence-electron chi connectivity index (χ3n) is 2.66. The number of benzene rings is 1. The molecule has 0 aliphatic carbocycles. The molecule has 19 heavy (non-hydrogen) atoms. The van der Waals surface area contributed by atoms with Crippen LogP contribution in [0.3, 0.4) is 0 Å². The van der Waals surface area contributed by atoms with Crippen LogP contribution in [0.25, 0.3) is 0 Å². The van der Waals surface area contributed by atoms with E-state index >= 15 is 0 Å². The van der Waals surface area contributed by atoms with Crippen LogP contribution in [0, 0.1) is 6.92 Å². The highest BCUT2D eigenvalue weighted by Crippen LogP contribution is 2.27. The Morgan fingerprint density at radius 2 is 2.05 bits per heavy atom. The number of methoxy groups -OCH3 is 1. The van der Waals surface area contributed by atoms with Gasteiger partial charge in [-0.3, -0.25) is 4.79 Å². The van der Waals surface area contributed by atoms with E-state index in [1.807, 2.05) is 12.1 Å². The average Bonchev–Trinajstić information content (AvgIpc) is 2.78. The number of nitrogens with zero attached hydrogens (tertiary/aromatic N) is 1. The summed E-state index contributed by atoms with van der Waals surface area (Å²) in [6, 6.07) is 7.22. The lowest BCUT2D eigenvalue weighted by Gasteiger charge is -2.09. The van der Waals surface area contributed by atoms with Gasteiger partial charge < -0.3 is 19.7 Å². The van der Waals surface area contributed by atoms with Crippen molar-refractivity contribution in [2.45, 2.75) is 13.5 Å². The zero-order valence-electron chi connectivity index (χ0n) is 10.7. The fraction of sp³-hybridized carbons (Fsp3) is 0.231. The van der Waals surface area contributed by atoms with Crippen LogP contribution in [0.4, 0.5) is 0 Å². The number of carbonyl (C=O) groups excluding carboxylic acids is 1. The third-order valence-corrected chi connectivity index (χ3v) is 2.66. The van der Waals surface area contributed by atoms with Gasteiger partial charge in [0.15, 0.2) is 17.2 Å². The van der Waals surface area contributed by atoms with E-state index in [2.05, 4.69) is 5.16 Å². The molecular weight excluding hydrogens is 248 g/mol. The van der Waals surface area contributed by atoms with Gasteiger partial charge in [0.2, 0.25) is 0 Å². The Balaban J connectivity index is 2.19. The number of para-hydroxylation sites is 2. The predicted octanol–water partition coefficient (Wildman–Crippen LogP) is 1.67. The summed E-state index contributed by atoms with van der Waals surface area (Å²) in [5.41, 5.74) is 5.84. The lowest BCUT2D eigenvalue weighted by molar-refractivity contribution is 0.0989. The number of aryl methyl sites for hydroxylation is 1. The first kappa shape index (κ1) is 12.9. The monoisotopic (exact) mass is 262 g/mol. The Labute approximate surface area is 110 Å². The zero-order chi connectivity index (χ0) is 13.8. The SMILES string of the molecule is COc1ccccc1OCc1c(C(N)=O)noc1C. The maximum atomic E-state index is 11.2. The summed E-state index contributed by atoms with van der Waals surface area (Å²) in [4.78, 5) is 11.2. The number of ether oxygens (including phenoxy) is 2. The number of rotatable bonds is 5. The molecule has 0 unspecified atom stereocenters. The summed E-state index contributed by atoms with van der Waals surface area (Å²) in [5, 5.41) is 3.61. The summed E-state index contributed by atoms with van der Waals surface area (Å²) in [6.07, 6.45) is 0. The molecule has 0 atom stereocenters. The minimum absolute atomic E-state index is 0.0902. The molecule has 1 heterocycles. The van der Waals surface area contributed by atoms with Crippen molar-refractivity contribution in [1.29, 1.82) is 0 Å². The first-order chi connectivity index (χ1) is 9.13. The first-order valence-electron chi connectivity index (χ1n) is 5.64. The van der Waals surface area contributed by atoms with Crippen molar-refractivity contribution in [3.8, 4) is 11.5 Å².